The molecule has 0 saturated carbocycles. The van der Waals surface area contributed by atoms with E-state index in [0.717, 1.165) is 11.4 Å². The Morgan fingerprint density at radius 3 is 2.67 bits per heavy atom. The summed E-state index contributed by atoms with van der Waals surface area (Å²) in [5.41, 5.74) is 1.03. The number of aromatic nitrogens is 2. The molecule has 0 aliphatic carbocycles. The summed E-state index contributed by atoms with van der Waals surface area (Å²) in [6, 6.07) is 9.49. The number of imidazole rings is 1. The number of nitrogens with zero attached hydrogens (tertiary/aromatic N) is 2. The fourth-order valence-corrected chi connectivity index (χ4v) is 2.29. The van der Waals surface area contributed by atoms with Crippen molar-refractivity contribution in [3.8, 4) is 11.4 Å². The average Bonchev–Trinajstić information content (AvgIpc) is 2.92. The Morgan fingerprint density at radius 1 is 1.33 bits per heavy atom. The molecule has 5 nitrogen and oxygen atoms in total. The van der Waals surface area contributed by atoms with E-state index in [1.807, 2.05) is 54.9 Å². The number of rotatable bonds is 7. The minimum Gasteiger partial charge on any atom is -0.480 e. The largest absolute Gasteiger partial charge is 0.480 e. The highest BCUT2D eigenvalue weighted by atomic mass is 16.4. The van der Waals surface area contributed by atoms with Gasteiger partial charge in [-0.25, -0.2) is 4.98 Å². The molecule has 0 aliphatic heterocycles. The van der Waals surface area contributed by atoms with Gasteiger partial charge in [0.15, 0.2) is 0 Å². The number of aliphatic carboxylic acids is 1. The summed E-state index contributed by atoms with van der Waals surface area (Å²) in [7, 11) is 0. The zero-order valence-electron chi connectivity index (χ0n) is 12.4. The van der Waals surface area contributed by atoms with Gasteiger partial charge >= 0.3 is 5.97 Å². The third-order valence-electron chi connectivity index (χ3n) is 3.24. The summed E-state index contributed by atoms with van der Waals surface area (Å²) >= 11 is 0. The zero-order valence-corrected chi connectivity index (χ0v) is 12.4. The van der Waals surface area contributed by atoms with E-state index in [1.54, 1.807) is 6.20 Å². The van der Waals surface area contributed by atoms with Crippen molar-refractivity contribution in [2.75, 3.05) is 0 Å². The Hall–Kier alpha value is -2.14. The molecule has 5 heteroatoms. The molecule has 1 aromatic heterocycles. The molecule has 0 saturated heterocycles. The number of carboxylic acid groups (broad SMARTS) is 1. The van der Waals surface area contributed by atoms with Gasteiger partial charge in [-0.3, -0.25) is 4.79 Å². The second-order valence-corrected chi connectivity index (χ2v) is 5.31. The lowest BCUT2D eigenvalue weighted by Crippen LogP contribution is -2.41. The van der Waals surface area contributed by atoms with E-state index >= 15 is 0 Å². The molecular weight excluding hydrogens is 266 g/mol. The smallest absolute Gasteiger partial charge is 0.320 e. The Balaban J connectivity index is 2.07. The molecule has 0 amide bonds. The normalized spacial score (nSPS) is 12.5. The van der Waals surface area contributed by atoms with E-state index in [4.69, 9.17) is 0 Å². The molecule has 1 aromatic carbocycles. The molecular formula is C16H21N3O2. The number of nitrogens with one attached hydrogen (secondary N) is 1. The predicted octanol–water partition coefficient (Wildman–Crippen LogP) is 2.39. The molecule has 21 heavy (non-hydrogen) atoms. The number of hydrogen-bond donors (Lipinski definition) is 2. The van der Waals surface area contributed by atoms with Gasteiger partial charge in [-0.1, -0.05) is 44.2 Å². The lowest BCUT2D eigenvalue weighted by Gasteiger charge is -2.18. The van der Waals surface area contributed by atoms with Crippen LogP contribution in [0.4, 0.5) is 0 Å². The molecule has 0 fully saturated rings. The van der Waals surface area contributed by atoms with E-state index in [2.05, 4.69) is 10.3 Å². The van der Waals surface area contributed by atoms with Crippen LogP contribution >= 0.6 is 0 Å². The van der Waals surface area contributed by atoms with Crippen LogP contribution in [0, 0.1) is 0 Å². The quantitative estimate of drug-likeness (QED) is 0.820. The maximum Gasteiger partial charge on any atom is 0.320 e. The fourth-order valence-electron chi connectivity index (χ4n) is 2.29. The number of carboxylic acids is 1. The lowest BCUT2D eigenvalue weighted by molar-refractivity contribution is -0.139. The van der Waals surface area contributed by atoms with Crippen LogP contribution in [0.2, 0.25) is 0 Å². The molecule has 0 aliphatic rings. The van der Waals surface area contributed by atoms with Gasteiger partial charge in [0.05, 0.1) is 0 Å². The first-order valence-electron chi connectivity index (χ1n) is 7.13. The molecule has 0 bridgehead atoms. The highest BCUT2D eigenvalue weighted by molar-refractivity contribution is 5.73. The van der Waals surface area contributed by atoms with Crippen molar-refractivity contribution in [3.63, 3.8) is 0 Å². The first-order valence-corrected chi connectivity index (χ1v) is 7.13. The van der Waals surface area contributed by atoms with Crippen LogP contribution < -0.4 is 5.32 Å². The summed E-state index contributed by atoms with van der Waals surface area (Å²) in [6.45, 7) is 4.51. The highest BCUT2D eigenvalue weighted by Gasteiger charge is 2.18. The van der Waals surface area contributed by atoms with Gasteiger partial charge in [0.25, 0.3) is 0 Å². The Bertz CT molecular complexity index is 578. The van der Waals surface area contributed by atoms with E-state index in [-0.39, 0.29) is 6.04 Å². The first kappa shape index (κ1) is 15.3. The van der Waals surface area contributed by atoms with Crippen molar-refractivity contribution in [1.82, 2.24) is 14.9 Å². The Kier molecular flexibility index (Phi) is 5.11. The third-order valence-corrected chi connectivity index (χ3v) is 3.24. The van der Waals surface area contributed by atoms with Crippen LogP contribution in [0.25, 0.3) is 11.4 Å². The van der Waals surface area contributed by atoms with Gasteiger partial charge < -0.3 is 15.0 Å². The van der Waals surface area contributed by atoms with Crippen molar-refractivity contribution >= 4 is 5.97 Å². The average molecular weight is 287 g/mol. The molecule has 112 valence electrons. The van der Waals surface area contributed by atoms with Crippen molar-refractivity contribution < 1.29 is 9.90 Å². The van der Waals surface area contributed by atoms with Crippen molar-refractivity contribution in [1.29, 1.82) is 0 Å². The molecule has 1 unspecified atom stereocenters. The Labute approximate surface area is 124 Å². The summed E-state index contributed by atoms with van der Waals surface area (Å²) in [6.07, 6.45) is 4.15. The SMILES string of the molecule is CC(C)NC(CCn1ccnc1-c1ccccc1)C(=O)O. The predicted molar refractivity (Wildman–Crippen MR) is 82.0 cm³/mol. The van der Waals surface area contributed by atoms with E-state index < -0.39 is 12.0 Å². The number of aryl methyl sites for hydroxylation is 1. The van der Waals surface area contributed by atoms with Crippen LogP contribution in [0.15, 0.2) is 42.7 Å². The van der Waals surface area contributed by atoms with E-state index in [0.29, 0.717) is 13.0 Å². The molecule has 2 aromatic rings. The summed E-state index contributed by atoms with van der Waals surface area (Å²) in [5, 5.41) is 12.3. The fraction of sp³-hybridized carbons (Fsp3) is 0.375. The van der Waals surface area contributed by atoms with Gasteiger partial charge in [-0.15, -0.1) is 0 Å². The second kappa shape index (κ2) is 7.04. The van der Waals surface area contributed by atoms with Gasteiger partial charge in [-0.05, 0) is 6.42 Å². The van der Waals surface area contributed by atoms with Crippen LogP contribution in [0.3, 0.4) is 0 Å². The van der Waals surface area contributed by atoms with Crippen LogP contribution in [0.1, 0.15) is 20.3 Å². The number of benzene rings is 1. The minimum atomic E-state index is -0.815. The summed E-state index contributed by atoms with van der Waals surface area (Å²) in [4.78, 5) is 15.6. The molecule has 1 heterocycles. The second-order valence-electron chi connectivity index (χ2n) is 5.31. The first-order chi connectivity index (χ1) is 10.1. The number of hydrogen-bond acceptors (Lipinski definition) is 3. The van der Waals surface area contributed by atoms with Crippen molar-refractivity contribution in [2.24, 2.45) is 0 Å². The monoisotopic (exact) mass is 287 g/mol. The van der Waals surface area contributed by atoms with Gasteiger partial charge in [0, 0.05) is 30.5 Å². The lowest BCUT2D eigenvalue weighted by atomic mass is 10.1. The molecule has 2 rings (SSSR count). The van der Waals surface area contributed by atoms with Gasteiger partial charge in [0.2, 0.25) is 0 Å². The molecule has 2 N–H and O–H groups in total. The Morgan fingerprint density at radius 2 is 2.05 bits per heavy atom. The number of carbonyl (C=O) groups is 1. The topological polar surface area (TPSA) is 67.2 Å². The standard InChI is InChI=1S/C16H21N3O2/c1-12(2)18-14(16(20)21)8-10-19-11-9-17-15(19)13-6-4-3-5-7-13/h3-7,9,11-12,14,18H,8,10H2,1-2H3,(H,20,21). The maximum absolute atomic E-state index is 11.3. The van der Waals surface area contributed by atoms with Crippen LogP contribution in [-0.2, 0) is 11.3 Å². The molecule has 1 atom stereocenters. The van der Waals surface area contributed by atoms with E-state index in [9.17, 15) is 9.90 Å². The van der Waals surface area contributed by atoms with Crippen molar-refractivity contribution in [2.45, 2.75) is 38.9 Å². The van der Waals surface area contributed by atoms with E-state index in [1.165, 1.54) is 0 Å². The summed E-state index contributed by atoms with van der Waals surface area (Å²) in [5.74, 6) is 0.0503. The minimum absolute atomic E-state index is 0.141. The van der Waals surface area contributed by atoms with Gasteiger partial charge in [-0.2, -0.15) is 0 Å². The maximum atomic E-state index is 11.3. The van der Waals surface area contributed by atoms with Gasteiger partial charge in [0.1, 0.15) is 11.9 Å². The highest BCUT2D eigenvalue weighted by Crippen LogP contribution is 2.17. The summed E-state index contributed by atoms with van der Waals surface area (Å²) < 4.78 is 1.99. The third kappa shape index (κ3) is 4.16. The molecule has 0 spiro atoms. The van der Waals surface area contributed by atoms with Crippen molar-refractivity contribution in [3.05, 3.63) is 42.7 Å². The molecule has 0 radical (unpaired) electrons. The zero-order chi connectivity index (χ0) is 15.2. The van der Waals surface area contributed by atoms with Crippen LogP contribution in [-0.4, -0.2) is 32.7 Å². The van der Waals surface area contributed by atoms with Crippen LogP contribution in [0.5, 0.6) is 0 Å².